The molecule has 0 bridgehead atoms. The highest BCUT2D eigenvalue weighted by atomic mass is 16.5. The average molecular weight is 222 g/mol. The minimum absolute atomic E-state index is 0.0669. The maximum absolute atomic E-state index is 11.5. The predicted molar refractivity (Wildman–Crippen MR) is 59.2 cm³/mol. The summed E-state index contributed by atoms with van der Waals surface area (Å²) in [5.41, 5.74) is 1.17. The summed E-state index contributed by atoms with van der Waals surface area (Å²) in [7, 11) is 0. The summed E-state index contributed by atoms with van der Waals surface area (Å²) in [6.45, 7) is 1.85. The van der Waals surface area contributed by atoms with E-state index in [9.17, 15) is 4.79 Å². The number of rotatable bonds is 4. The average Bonchev–Trinajstić information content (AvgIpc) is 2.27. The summed E-state index contributed by atoms with van der Waals surface area (Å²) in [5, 5.41) is 17.6. The van der Waals surface area contributed by atoms with Crippen LogP contribution in [0.3, 0.4) is 0 Å². The third kappa shape index (κ3) is 3.74. The number of esters is 1. The van der Waals surface area contributed by atoms with Crippen LogP contribution in [0, 0.1) is 0 Å². The lowest BCUT2D eigenvalue weighted by Gasteiger charge is -2.04. The first kappa shape index (κ1) is 12.3. The highest BCUT2D eigenvalue weighted by Gasteiger charge is 2.06. The minimum atomic E-state index is -0.453. The number of aliphatic hydroxyl groups is 1. The topological polar surface area (TPSA) is 66.8 Å². The van der Waals surface area contributed by atoms with E-state index in [1.807, 2.05) is 0 Å². The predicted octanol–water partition coefficient (Wildman–Crippen LogP) is 1.49. The van der Waals surface area contributed by atoms with Crippen LogP contribution in [0.25, 0.3) is 0 Å². The van der Waals surface area contributed by atoms with Crippen molar-refractivity contribution in [3.8, 4) is 5.75 Å². The summed E-state index contributed by atoms with van der Waals surface area (Å²) >= 11 is 0. The molecule has 0 atom stereocenters. The molecule has 1 aromatic rings. The molecule has 4 nitrogen and oxygen atoms in total. The van der Waals surface area contributed by atoms with E-state index in [0.29, 0.717) is 5.56 Å². The molecule has 0 aliphatic rings. The number of carbonyl (C=O) groups excluding carboxylic acids is 1. The van der Waals surface area contributed by atoms with E-state index >= 15 is 0 Å². The Morgan fingerprint density at radius 3 is 2.56 bits per heavy atom. The van der Waals surface area contributed by atoms with Crippen LogP contribution in [0.1, 0.15) is 17.3 Å². The first-order valence-corrected chi connectivity index (χ1v) is 4.86. The van der Waals surface area contributed by atoms with Crippen molar-refractivity contribution in [2.24, 2.45) is 0 Å². The van der Waals surface area contributed by atoms with Gasteiger partial charge in [0.15, 0.2) is 0 Å². The van der Waals surface area contributed by atoms with E-state index in [2.05, 4.69) is 0 Å². The third-order valence-electron chi connectivity index (χ3n) is 1.97. The van der Waals surface area contributed by atoms with Crippen LogP contribution >= 0.6 is 0 Å². The number of ether oxygens (including phenoxy) is 1. The molecule has 0 saturated carbocycles. The smallest absolute Gasteiger partial charge is 0.338 e. The fourth-order valence-corrected chi connectivity index (χ4v) is 1.07. The molecule has 0 spiro atoms. The van der Waals surface area contributed by atoms with Gasteiger partial charge in [-0.05, 0) is 36.8 Å². The number of phenolic OH excluding ortho intramolecular Hbond substituents is 1. The van der Waals surface area contributed by atoms with E-state index in [0.717, 1.165) is 5.57 Å². The van der Waals surface area contributed by atoms with E-state index < -0.39 is 5.97 Å². The van der Waals surface area contributed by atoms with Crippen LogP contribution in [0.4, 0.5) is 0 Å². The molecule has 0 saturated heterocycles. The van der Waals surface area contributed by atoms with Gasteiger partial charge in [0.05, 0.1) is 12.2 Å². The third-order valence-corrected chi connectivity index (χ3v) is 1.97. The van der Waals surface area contributed by atoms with Gasteiger partial charge >= 0.3 is 5.97 Å². The van der Waals surface area contributed by atoms with E-state index in [1.54, 1.807) is 13.0 Å². The highest BCUT2D eigenvalue weighted by Crippen LogP contribution is 2.10. The molecule has 0 aliphatic carbocycles. The van der Waals surface area contributed by atoms with Gasteiger partial charge in [0.25, 0.3) is 0 Å². The Kier molecular flexibility index (Phi) is 4.54. The Bertz CT molecular complexity index is 379. The maximum atomic E-state index is 11.5. The zero-order chi connectivity index (χ0) is 12.0. The zero-order valence-corrected chi connectivity index (χ0v) is 9.01. The standard InChI is InChI=1S/C12H14O4/c1-9(6-7-13)8-16-12(15)10-2-4-11(14)5-3-10/h2-6,13-14H,7-8H2,1H3. The van der Waals surface area contributed by atoms with Gasteiger partial charge in [-0.25, -0.2) is 4.79 Å². The monoisotopic (exact) mass is 222 g/mol. The van der Waals surface area contributed by atoms with E-state index in [1.165, 1.54) is 24.3 Å². The number of benzene rings is 1. The number of aliphatic hydroxyl groups excluding tert-OH is 1. The number of hydrogen-bond donors (Lipinski definition) is 2. The van der Waals surface area contributed by atoms with Crippen LogP contribution in [-0.2, 0) is 4.74 Å². The van der Waals surface area contributed by atoms with Crippen molar-refractivity contribution in [1.29, 1.82) is 0 Å². The zero-order valence-electron chi connectivity index (χ0n) is 9.01. The van der Waals surface area contributed by atoms with Crippen molar-refractivity contribution in [2.75, 3.05) is 13.2 Å². The molecule has 0 fully saturated rings. The van der Waals surface area contributed by atoms with Gasteiger partial charge in [-0.15, -0.1) is 0 Å². The van der Waals surface area contributed by atoms with Crippen LogP contribution in [0.15, 0.2) is 35.9 Å². The van der Waals surface area contributed by atoms with Crippen molar-refractivity contribution in [3.05, 3.63) is 41.5 Å². The van der Waals surface area contributed by atoms with E-state index in [4.69, 9.17) is 14.9 Å². The molecule has 0 aliphatic heterocycles. The molecule has 16 heavy (non-hydrogen) atoms. The minimum Gasteiger partial charge on any atom is -0.508 e. The normalized spacial score (nSPS) is 11.2. The molecule has 0 amide bonds. The molecule has 4 heteroatoms. The van der Waals surface area contributed by atoms with Crippen molar-refractivity contribution in [1.82, 2.24) is 0 Å². The van der Waals surface area contributed by atoms with Crippen molar-refractivity contribution in [2.45, 2.75) is 6.92 Å². The van der Waals surface area contributed by atoms with Gasteiger partial charge in [-0.3, -0.25) is 0 Å². The lowest BCUT2D eigenvalue weighted by Crippen LogP contribution is -2.07. The first-order valence-electron chi connectivity index (χ1n) is 4.86. The second kappa shape index (κ2) is 5.92. The molecule has 1 aromatic carbocycles. The molecule has 0 aromatic heterocycles. The largest absolute Gasteiger partial charge is 0.508 e. The van der Waals surface area contributed by atoms with Gasteiger partial charge in [0.2, 0.25) is 0 Å². The Morgan fingerprint density at radius 2 is 2.00 bits per heavy atom. The van der Waals surface area contributed by atoms with Crippen molar-refractivity contribution >= 4 is 5.97 Å². The molecular weight excluding hydrogens is 208 g/mol. The van der Waals surface area contributed by atoms with Gasteiger partial charge in [0.1, 0.15) is 12.4 Å². The number of hydrogen-bond acceptors (Lipinski definition) is 4. The second-order valence-electron chi connectivity index (χ2n) is 3.36. The van der Waals surface area contributed by atoms with Crippen molar-refractivity contribution < 1.29 is 19.7 Å². The van der Waals surface area contributed by atoms with Crippen LogP contribution in [0.2, 0.25) is 0 Å². The second-order valence-corrected chi connectivity index (χ2v) is 3.36. The molecule has 86 valence electrons. The summed E-state index contributed by atoms with van der Waals surface area (Å²) in [5.74, 6) is -0.349. The summed E-state index contributed by atoms with van der Waals surface area (Å²) in [4.78, 5) is 11.5. The SMILES string of the molecule is CC(=CCO)COC(=O)c1ccc(O)cc1. The molecule has 0 unspecified atom stereocenters. The maximum Gasteiger partial charge on any atom is 0.338 e. The summed E-state index contributed by atoms with van der Waals surface area (Å²) in [6.07, 6.45) is 1.57. The van der Waals surface area contributed by atoms with Crippen LogP contribution < -0.4 is 0 Å². The highest BCUT2D eigenvalue weighted by molar-refractivity contribution is 5.89. The molecule has 1 rings (SSSR count). The number of aromatic hydroxyl groups is 1. The first-order chi connectivity index (χ1) is 7.63. The van der Waals surface area contributed by atoms with Gasteiger partial charge in [-0.2, -0.15) is 0 Å². The van der Waals surface area contributed by atoms with Crippen LogP contribution in [0.5, 0.6) is 5.75 Å². The van der Waals surface area contributed by atoms with Gasteiger partial charge < -0.3 is 14.9 Å². The Morgan fingerprint density at radius 1 is 1.38 bits per heavy atom. The quantitative estimate of drug-likeness (QED) is 0.598. The number of phenols is 1. The fraction of sp³-hybridized carbons (Fsp3) is 0.250. The summed E-state index contributed by atoms with van der Waals surface area (Å²) < 4.78 is 4.98. The fourth-order valence-electron chi connectivity index (χ4n) is 1.07. The molecule has 0 heterocycles. The summed E-state index contributed by atoms with van der Waals surface area (Å²) in [6, 6.07) is 5.82. The lowest BCUT2D eigenvalue weighted by atomic mass is 10.2. The van der Waals surface area contributed by atoms with Gasteiger partial charge in [0, 0.05) is 0 Å². The van der Waals surface area contributed by atoms with Gasteiger partial charge in [-0.1, -0.05) is 6.08 Å². The molecule has 0 radical (unpaired) electrons. The number of carbonyl (C=O) groups is 1. The van der Waals surface area contributed by atoms with E-state index in [-0.39, 0.29) is 19.0 Å². The Labute approximate surface area is 93.8 Å². The molecular formula is C12H14O4. The lowest BCUT2D eigenvalue weighted by molar-refractivity contribution is 0.0539. The Balaban J connectivity index is 2.53. The molecule has 2 N–H and O–H groups in total. The Hall–Kier alpha value is -1.81. The van der Waals surface area contributed by atoms with Crippen molar-refractivity contribution in [3.63, 3.8) is 0 Å². The van der Waals surface area contributed by atoms with Crippen LogP contribution in [-0.4, -0.2) is 29.4 Å².